The second kappa shape index (κ2) is 2.86. The molecule has 2 heteroatoms. The number of allylic oxidation sites excluding steroid dienone is 1. The van der Waals surface area contributed by atoms with Crippen molar-refractivity contribution in [2.24, 2.45) is 5.92 Å². The molecule has 0 aromatic rings. The van der Waals surface area contributed by atoms with E-state index in [2.05, 4.69) is 11.7 Å². The number of ether oxygens (including phenoxy) is 1. The molecule has 0 fully saturated rings. The SMILES string of the molecule is COC(=O)C1=CCCC1C. The Balaban J connectivity index is 2.63. The normalized spacial score (nSPS) is 24.2. The lowest BCUT2D eigenvalue weighted by Gasteiger charge is -2.04. The zero-order valence-corrected chi connectivity index (χ0v) is 6.39. The van der Waals surface area contributed by atoms with Crippen LogP contribution in [0.25, 0.3) is 0 Å². The van der Waals surface area contributed by atoms with Gasteiger partial charge in [0.25, 0.3) is 0 Å². The lowest BCUT2D eigenvalue weighted by atomic mass is 10.1. The van der Waals surface area contributed by atoms with Gasteiger partial charge in [-0.15, -0.1) is 0 Å². The van der Waals surface area contributed by atoms with Gasteiger partial charge in [-0.3, -0.25) is 0 Å². The Morgan fingerprint density at radius 1 is 1.80 bits per heavy atom. The van der Waals surface area contributed by atoms with E-state index in [1.54, 1.807) is 0 Å². The third kappa shape index (κ3) is 1.20. The summed E-state index contributed by atoms with van der Waals surface area (Å²) in [4.78, 5) is 10.9. The molecule has 1 unspecified atom stereocenters. The molecule has 1 aliphatic carbocycles. The van der Waals surface area contributed by atoms with Crippen LogP contribution in [-0.4, -0.2) is 13.1 Å². The molecule has 0 aromatic heterocycles. The highest BCUT2D eigenvalue weighted by atomic mass is 16.5. The van der Waals surface area contributed by atoms with Crippen molar-refractivity contribution in [2.45, 2.75) is 19.8 Å². The van der Waals surface area contributed by atoms with Crippen LogP contribution >= 0.6 is 0 Å². The van der Waals surface area contributed by atoms with Crippen molar-refractivity contribution < 1.29 is 9.53 Å². The molecule has 0 aromatic carbocycles. The van der Waals surface area contributed by atoms with Gasteiger partial charge in [0, 0.05) is 5.57 Å². The van der Waals surface area contributed by atoms with Crippen LogP contribution in [0.2, 0.25) is 0 Å². The molecule has 2 nitrogen and oxygen atoms in total. The van der Waals surface area contributed by atoms with Crippen LogP contribution in [0, 0.1) is 5.92 Å². The van der Waals surface area contributed by atoms with E-state index in [9.17, 15) is 4.79 Å². The fraction of sp³-hybridized carbons (Fsp3) is 0.625. The molecule has 1 aliphatic rings. The van der Waals surface area contributed by atoms with Crippen molar-refractivity contribution in [3.63, 3.8) is 0 Å². The van der Waals surface area contributed by atoms with Crippen molar-refractivity contribution >= 4 is 5.97 Å². The minimum atomic E-state index is -0.162. The quantitative estimate of drug-likeness (QED) is 0.516. The summed E-state index contributed by atoms with van der Waals surface area (Å²) < 4.78 is 4.60. The first-order chi connectivity index (χ1) is 4.75. The fourth-order valence-electron chi connectivity index (χ4n) is 1.25. The van der Waals surface area contributed by atoms with Crippen LogP contribution in [0.1, 0.15) is 19.8 Å². The van der Waals surface area contributed by atoms with E-state index in [4.69, 9.17) is 0 Å². The number of carbonyl (C=O) groups excluding carboxylic acids is 1. The summed E-state index contributed by atoms with van der Waals surface area (Å²) in [5.41, 5.74) is 0.850. The van der Waals surface area contributed by atoms with Crippen LogP contribution in [0.5, 0.6) is 0 Å². The summed E-state index contributed by atoms with van der Waals surface area (Å²) >= 11 is 0. The maximum absolute atomic E-state index is 10.9. The second-order valence-electron chi connectivity index (χ2n) is 2.63. The summed E-state index contributed by atoms with van der Waals surface area (Å²) in [6.45, 7) is 2.05. The van der Waals surface area contributed by atoms with E-state index in [1.165, 1.54) is 7.11 Å². The largest absolute Gasteiger partial charge is 0.466 e. The Kier molecular flexibility index (Phi) is 2.10. The van der Waals surface area contributed by atoms with Gasteiger partial charge in [-0.1, -0.05) is 13.0 Å². The molecule has 0 radical (unpaired) electrons. The topological polar surface area (TPSA) is 26.3 Å². The average molecular weight is 140 g/mol. The number of hydrogen-bond acceptors (Lipinski definition) is 2. The van der Waals surface area contributed by atoms with Crippen LogP contribution in [-0.2, 0) is 9.53 Å². The number of methoxy groups -OCH3 is 1. The van der Waals surface area contributed by atoms with Crippen molar-refractivity contribution in [1.29, 1.82) is 0 Å². The highest BCUT2D eigenvalue weighted by Gasteiger charge is 2.20. The van der Waals surface area contributed by atoms with E-state index < -0.39 is 0 Å². The molecule has 0 aliphatic heterocycles. The highest BCUT2D eigenvalue weighted by Crippen LogP contribution is 2.25. The minimum absolute atomic E-state index is 0.162. The van der Waals surface area contributed by atoms with Gasteiger partial charge >= 0.3 is 5.97 Å². The second-order valence-corrected chi connectivity index (χ2v) is 2.63. The van der Waals surface area contributed by atoms with Crippen molar-refractivity contribution in [1.82, 2.24) is 0 Å². The smallest absolute Gasteiger partial charge is 0.333 e. The van der Waals surface area contributed by atoms with Crippen molar-refractivity contribution in [2.75, 3.05) is 7.11 Å². The predicted octanol–water partition coefficient (Wildman–Crippen LogP) is 1.52. The fourth-order valence-corrected chi connectivity index (χ4v) is 1.25. The molecular formula is C8H12O2. The molecule has 56 valence electrons. The van der Waals surface area contributed by atoms with Gasteiger partial charge in [0.1, 0.15) is 0 Å². The summed E-state index contributed by atoms with van der Waals surface area (Å²) in [6.07, 6.45) is 4.08. The van der Waals surface area contributed by atoms with Gasteiger partial charge < -0.3 is 4.74 Å². The Labute approximate surface area is 60.9 Å². The van der Waals surface area contributed by atoms with E-state index in [0.717, 1.165) is 18.4 Å². The van der Waals surface area contributed by atoms with Crippen molar-refractivity contribution in [3.05, 3.63) is 11.6 Å². The number of hydrogen-bond donors (Lipinski definition) is 0. The van der Waals surface area contributed by atoms with Gasteiger partial charge in [0.2, 0.25) is 0 Å². The molecule has 0 spiro atoms. The lowest BCUT2D eigenvalue weighted by Crippen LogP contribution is -2.08. The molecule has 10 heavy (non-hydrogen) atoms. The molecule has 1 atom stereocenters. The molecule has 0 N–H and O–H groups in total. The molecule has 1 rings (SSSR count). The summed E-state index contributed by atoms with van der Waals surface area (Å²) in [7, 11) is 1.42. The molecule has 0 bridgehead atoms. The van der Waals surface area contributed by atoms with Crippen LogP contribution in [0.4, 0.5) is 0 Å². The number of rotatable bonds is 1. The van der Waals surface area contributed by atoms with E-state index in [-0.39, 0.29) is 5.97 Å². The number of esters is 1. The average Bonchev–Trinajstić information content (AvgIpc) is 2.34. The summed E-state index contributed by atoms with van der Waals surface area (Å²) in [5, 5.41) is 0. The standard InChI is InChI=1S/C8H12O2/c1-6-4-3-5-7(6)8(9)10-2/h5-6H,3-4H2,1-2H3. The Morgan fingerprint density at radius 3 is 2.90 bits per heavy atom. The minimum Gasteiger partial charge on any atom is -0.466 e. The van der Waals surface area contributed by atoms with Gasteiger partial charge in [0.15, 0.2) is 0 Å². The summed E-state index contributed by atoms with van der Waals surface area (Å²) in [5.74, 6) is 0.234. The van der Waals surface area contributed by atoms with E-state index >= 15 is 0 Å². The molecule has 0 saturated heterocycles. The van der Waals surface area contributed by atoms with Crippen LogP contribution in [0.3, 0.4) is 0 Å². The van der Waals surface area contributed by atoms with Gasteiger partial charge in [-0.05, 0) is 18.8 Å². The molecule has 0 amide bonds. The predicted molar refractivity (Wildman–Crippen MR) is 38.5 cm³/mol. The lowest BCUT2D eigenvalue weighted by molar-refractivity contribution is -0.136. The first kappa shape index (κ1) is 7.32. The first-order valence-electron chi connectivity index (χ1n) is 3.54. The van der Waals surface area contributed by atoms with Crippen LogP contribution in [0.15, 0.2) is 11.6 Å². The van der Waals surface area contributed by atoms with Crippen molar-refractivity contribution in [3.8, 4) is 0 Å². The molecule has 0 heterocycles. The zero-order valence-electron chi connectivity index (χ0n) is 6.39. The van der Waals surface area contributed by atoms with E-state index in [1.807, 2.05) is 6.08 Å². The Bertz CT molecular complexity index is 170. The highest BCUT2D eigenvalue weighted by molar-refractivity contribution is 5.89. The van der Waals surface area contributed by atoms with Crippen LogP contribution < -0.4 is 0 Å². The zero-order chi connectivity index (χ0) is 7.56. The Morgan fingerprint density at radius 2 is 2.50 bits per heavy atom. The van der Waals surface area contributed by atoms with Gasteiger partial charge in [-0.2, -0.15) is 0 Å². The Hall–Kier alpha value is -0.790. The van der Waals surface area contributed by atoms with E-state index in [0.29, 0.717) is 5.92 Å². The molecular weight excluding hydrogens is 128 g/mol. The maximum Gasteiger partial charge on any atom is 0.333 e. The third-order valence-electron chi connectivity index (χ3n) is 1.92. The summed E-state index contributed by atoms with van der Waals surface area (Å²) in [6, 6.07) is 0. The maximum atomic E-state index is 10.9. The molecule has 0 saturated carbocycles. The van der Waals surface area contributed by atoms with Gasteiger partial charge in [-0.25, -0.2) is 4.79 Å². The third-order valence-corrected chi connectivity index (χ3v) is 1.92. The first-order valence-corrected chi connectivity index (χ1v) is 3.54. The van der Waals surface area contributed by atoms with Gasteiger partial charge in [0.05, 0.1) is 7.11 Å². The number of carbonyl (C=O) groups is 1. The monoisotopic (exact) mass is 140 g/mol.